The van der Waals surface area contributed by atoms with E-state index in [1.807, 2.05) is 20.8 Å². The van der Waals surface area contributed by atoms with Gasteiger partial charge in [0.15, 0.2) is 0 Å². The lowest BCUT2D eigenvalue weighted by molar-refractivity contribution is 0.442. The van der Waals surface area contributed by atoms with Crippen molar-refractivity contribution in [2.24, 2.45) is 0 Å². The number of halogens is 2. The number of nitrogens with one attached hydrogen (secondary N) is 1. The lowest BCUT2D eigenvalue weighted by Gasteiger charge is -2.19. The number of phenols is 1. The van der Waals surface area contributed by atoms with Crippen LogP contribution < -0.4 is 5.32 Å². The minimum absolute atomic E-state index is 0.0150. The molecule has 84 valence electrons. The fourth-order valence-electron chi connectivity index (χ4n) is 1.51. The van der Waals surface area contributed by atoms with E-state index in [0.717, 1.165) is 5.56 Å². The van der Waals surface area contributed by atoms with E-state index in [0.29, 0.717) is 11.1 Å². The van der Waals surface area contributed by atoms with Gasteiger partial charge in [0, 0.05) is 22.7 Å². The molecule has 0 bridgehead atoms. The smallest absolute Gasteiger partial charge is 0.139 e. The maximum absolute atomic E-state index is 9.77. The normalized spacial score (nSPS) is 13.2. The molecule has 2 nitrogen and oxygen atoms in total. The number of rotatable bonds is 3. The van der Waals surface area contributed by atoms with E-state index in [1.165, 1.54) is 6.07 Å². The monoisotopic (exact) mass is 247 g/mol. The Bertz CT molecular complexity index is 353. The molecule has 0 spiro atoms. The molecule has 1 aromatic carbocycles. The third-order valence-corrected chi connectivity index (χ3v) is 2.61. The van der Waals surface area contributed by atoms with Crippen LogP contribution in [0, 0.1) is 0 Å². The van der Waals surface area contributed by atoms with Gasteiger partial charge < -0.3 is 10.4 Å². The summed E-state index contributed by atoms with van der Waals surface area (Å²) in [5.74, 6) is 0.0988. The van der Waals surface area contributed by atoms with Gasteiger partial charge in [0.2, 0.25) is 0 Å². The minimum atomic E-state index is 0.0150. The maximum atomic E-state index is 9.77. The molecule has 0 radical (unpaired) electrons. The zero-order chi connectivity index (χ0) is 11.6. The molecule has 1 rings (SSSR count). The van der Waals surface area contributed by atoms with Crippen LogP contribution in [0.25, 0.3) is 0 Å². The van der Waals surface area contributed by atoms with E-state index in [2.05, 4.69) is 5.32 Å². The molecule has 0 amide bonds. The molecular weight excluding hydrogens is 233 g/mol. The highest BCUT2D eigenvalue weighted by molar-refractivity contribution is 6.35. The third kappa shape index (κ3) is 3.26. The van der Waals surface area contributed by atoms with Crippen molar-refractivity contribution in [2.75, 3.05) is 0 Å². The van der Waals surface area contributed by atoms with Gasteiger partial charge in [-0.25, -0.2) is 0 Å². The molecule has 2 N–H and O–H groups in total. The summed E-state index contributed by atoms with van der Waals surface area (Å²) >= 11 is 11.7. The fraction of sp³-hybridized carbons (Fsp3) is 0.455. The highest BCUT2D eigenvalue weighted by atomic mass is 35.5. The van der Waals surface area contributed by atoms with Gasteiger partial charge in [-0.15, -0.1) is 0 Å². The first-order valence-corrected chi connectivity index (χ1v) is 5.61. The molecule has 1 atom stereocenters. The van der Waals surface area contributed by atoms with Crippen molar-refractivity contribution < 1.29 is 5.11 Å². The summed E-state index contributed by atoms with van der Waals surface area (Å²) < 4.78 is 0. The Balaban J connectivity index is 3.02. The minimum Gasteiger partial charge on any atom is -0.506 e. The second kappa shape index (κ2) is 5.06. The summed E-state index contributed by atoms with van der Waals surface area (Å²) in [6, 6.07) is 3.60. The summed E-state index contributed by atoms with van der Waals surface area (Å²) in [5, 5.41) is 13.9. The Morgan fingerprint density at radius 3 is 2.33 bits per heavy atom. The van der Waals surface area contributed by atoms with Gasteiger partial charge >= 0.3 is 0 Å². The summed E-state index contributed by atoms with van der Waals surface area (Å²) in [5.41, 5.74) is 0.723. The first-order chi connectivity index (χ1) is 6.91. The first-order valence-electron chi connectivity index (χ1n) is 4.85. The summed E-state index contributed by atoms with van der Waals surface area (Å²) in [7, 11) is 0. The Kier molecular flexibility index (Phi) is 4.26. The lowest BCUT2D eigenvalue weighted by Crippen LogP contribution is -2.26. The van der Waals surface area contributed by atoms with Crippen LogP contribution in [0.1, 0.15) is 32.4 Å². The van der Waals surface area contributed by atoms with Crippen LogP contribution in [-0.4, -0.2) is 11.1 Å². The Morgan fingerprint density at radius 2 is 1.80 bits per heavy atom. The molecule has 15 heavy (non-hydrogen) atoms. The van der Waals surface area contributed by atoms with Crippen LogP contribution in [0.4, 0.5) is 0 Å². The molecule has 0 saturated heterocycles. The average Bonchev–Trinajstić information content (AvgIpc) is 2.09. The highest BCUT2D eigenvalue weighted by Crippen LogP contribution is 2.34. The lowest BCUT2D eigenvalue weighted by atomic mass is 10.1. The van der Waals surface area contributed by atoms with Gasteiger partial charge in [-0.05, 0) is 19.1 Å². The molecule has 0 saturated carbocycles. The zero-order valence-electron chi connectivity index (χ0n) is 9.01. The molecular formula is C11H15Cl2NO. The van der Waals surface area contributed by atoms with E-state index < -0.39 is 0 Å². The molecule has 1 unspecified atom stereocenters. The van der Waals surface area contributed by atoms with E-state index in [-0.39, 0.29) is 16.8 Å². The van der Waals surface area contributed by atoms with Crippen molar-refractivity contribution in [1.29, 1.82) is 0 Å². The van der Waals surface area contributed by atoms with Crippen molar-refractivity contribution in [2.45, 2.75) is 32.9 Å². The molecule has 0 aliphatic heterocycles. The van der Waals surface area contributed by atoms with Crippen molar-refractivity contribution in [3.05, 3.63) is 27.7 Å². The zero-order valence-corrected chi connectivity index (χ0v) is 10.5. The quantitative estimate of drug-likeness (QED) is 0.853. The van der Waals surface area contributed by atoms with E-state index in [9.17, 15) is 5.11 Å². The standard InChI is InChI=1S/C11H15Cl2NO/c1-6(2)14-7(3)9-4-8(12)5-10(13)11(9)15/h4-7,14-15H,1-3H3. The average molecular weight is 248 g/mol. The highest BCUT2D eigenvalue weighted by Gasteiger charge is 2.14. The first kappa shape index (κ1) is 12.6. The van der Waals surface area contributed by atoms with Crippen LogP contribution in [0.15, 0.2) is 12.1 Å². The molecule has 0 fully saturated rings. The summed E-state index contributed by atoms with van der Waals surface area (Å²) in [6.45, 7) is 6.04. The summed E-state index contributed by atoms with van der Waals surface area (Å²) in [6.07, 6.45) is 0. The van der Waals surface area contributed by atoms with Crippen molar-refractivity contribution in [3.8, 4) is 5.75 Å². The predicted molar refractivity (Wildman–Crippen MR) is 64.8 cm³/mol. The molecule has 0 aliphatic carbocycles. The molecule has 0 heterocycles. The number of aromatic hydroxyl groups is 1. The van der Waals surface area contributed by atoms with Crippen molar-refractivity contribution >= 4 is 23.2 Å². The number of benzene rings is 1. The van der Waals surface area contributed by atoms with Crippen molar-refractivity contribution in [1.82, 2.24) is 5.32 Å². The molecule has 4 heteroatoms. The second-order valence-electron chi connectivity index (χ2n) is 3.87. The second-order valence-corrected chi connectivity index (χ2v) is 4.71. The van der Waals surface area contributed by atoms with Gasteiger partial charge in [-0.3, -0.25) is 0 Å². The number of hydrogen-bond donors (Lipinski definition) is 2. The Morgan fingerprint density at radius 1 is 1.20 bits per heavy atom. The van der Waals surface area contributed by atoms with E-state index in [4.69, 9.17) is 23.2 Å². The van der Waals surface area contributed by atoms with Gasteiger partial charge in [-0.1, -0.05) is 37.0 Å². The largest absolute Gasteiger partial charge is 0.506 e. The van der Waals surface area contributed by atoms with Crippen LogP contribution >= 0.6 is 23.2 Å². The van der Waals surface area contributed by atoms with Gasteiger partial charge in [0.25, 0.3) is 0 Å². The molecule has 0 aliphatic rings. The van der Waals surface area contributed by atoms with Crippen LogP contribution in [0.2, 0.25) is 10.0 Å². The maximum Gasteiger partial charge on any atom is 0.139 e. The number of phenolic OH excluding ortho intramolecular Hbond substituents is 1. The van der Waals surface area contributed by atoms with Crippen LogP contribution in [0.5, 0.6) is 5.75 Å². The van der Waals surface area contributed by atoms with E-state index in [1.54, 1.807) is 6.07 Å². The van der Waals surface area contributed by atoms with Crippen LogP contribution in [-0.2, 0) is 0 Å². The number of hydrogen-bond acceptors (Lipinski definition) is 2. The summed E-state index contributed by atoms with van der Waals surface area (Å²) in [4.78, 5) is 0. The Hall–Kier alpha value is -0.440. The SMILES string of the molecule is CC(C)NC(C)c1cc(Cl)cc(Cl)c1O. The van der Waals surface area contributed by atoms with E-state index >= 15 is 0 Å². The fourth-order valence-corrected chi connectivity index (χ4v) is 2.01. The van der Waals surface area contributed by atoms with Crippen molar-refractivity contribution in [3.63, 3.8) is 0 Å². The molecule has 0 aromatic heterocycles. The predicted octanol–water partition coefficient (Wildman–Crippen LogP) is 3.76. The van der Waals surface area contributed by atoms with Gasteiger partial charge in [0.05, 0.1) is 5.02 Å². The molecule has 1 aromatic rings. The topological polar surface area (TPSA) is 32.3 Å². The van der Waals surface area contributed by atoms with Crippen LogP contribution in [0.3, 0.4) is 0 Å². The van der Waals surface area contributed by atoms with Gasteiger partial charge in [0.1, 0.15) is 5.75 Å². The third-order valence-electron chi connectivity index (χ3n) is 2.11. The Labute approximate surface area is 100 Å². The van der Waals surface area contributed by atoms with Gasteiger partial charge in [-0.2, -0.15) is 0 Å².